The van der Waals surface area contributed by atoms with Crippen molar-refractivity contribution >= 4 is 23.2 Å². The van der Waals surface area contributed by atoms with Gasteiger partial charge in [-0.25, -0.2) is 0 Å². The van der Waals surface area contributed by atoms with Gasteiger partial charge >= 0.3 is 0 Å². The summed E-state index contributed by atoms with van der Waals surface area (Å²) in [7, 11) is 0. The molecule has 0 aliphatic rings. The Labute approximate surface area is 142 Å². The molecule has 0 bridgehead atoms. The Balaban J connectivity index is 1.99. The van der Waals surface area contributed by atoms with E-state index < -0.39 is 0 Å². The first-order valence-electron chi connectivity index (χ1n) is 7.85. The van der Waals surface area contributed by atoms with Gasteiger partial charge in [0.15, 0.2) is 0 Å². The number of rotatable bonds is 6. The second-order valence-corrected chi connectivity index (χ2v) is 5.68. The summed E-state index contributed by atoms with van der Waals surface area (Å²) in [6, 6.07) is 16.3. The molecule has 5 heteroatoms. The minimum Gasteiger partial charge on any atom is -0.491 e. The summed E-state index contributed by atoms with van der Waals surface area (Å²) < 4.78 is 5.56. The van der Waals surface area contributed by atoms with Gasteiger partial charge in [0, 0.05) is 18.3 Å². The number of ether oxygens (including phenoxy) is 1. The van der Waals surface area contributed by atoms with E-state index >= 15 is 0 Å². The molecule has 0 aromatic heterocycles. The fourth-order valence-corrected chi connectivity index (χ4v) is 2.23. The third-order valence-corrected chi connectivity index (χ3v) is 3.26. The summed E-state index contributed by atoms with van der Waals surface area (Å²) in [6.07, 6.45) is 0.0976. The molecule has 5 nitrogen and oxygen atoms in total. The molecule has 0 heterocycles. The van der Waals surface area contributed by atoms with Crippen molar-refractivity contribution in [1.82, 2.24) is 0 Å². The largest absolute Gasteiger partial charge is 0.491 e. The maximum Gasteiger partial charge on any atom is 0.244 e. The zero-order chi connectivity index (χ0) is 17.5. The molecule has 0 saturated heterocycles. The van der Waals surface area contributed by atoms with E-state index in [1.165, 1.54) is 11.8 Å². The fraction of sp³-hybridized carbons (Fsp3) is 0.263. The minimum absolute atomic E-state index is 0.0381. The van der Waals surface area contributed by atoms with E-state index in [0.717, 1.165) is 5.75 Å². The van der Waals surface area contributed by atoms with Crippen LogP contribution >= 0.6 is 0 Å². The van der Waals surface area contributed by atoms with Gasteiger partial charge < -0.3 is 15.0 Å². The smallest absolute Gasteiger partial charge is 0.244 e. The number of carbonyl (C=O) groups excluding carboxylic acids is 2. The maximum atomic E-state index is 12.2. The molecule has 0 aliphatic carbocycles. The molecule has 0 aliphatic heterocycles. The van der Waals surface area contributed by atoms with Crippen LogP contribution in [0.2, 0.25) is 0 Å². The normalized spacial score (nSPS) is 10.3. The topological polar surface area (TPSA) is 58.6 Å². The summed E-state index contributed by atoms with van der Waals surface area (Å²) >= 11 is 0. The van der Waals surface area contributed by atoms with E-state index in [4.69, 9.17) is 4.74 Å². The summed E-state index contributed by atoms with van der Waals surface area (Å²) in [5.74, 6) is 0.307. The number of anilines is 2. The standard InChI is InChI=1S/C19H22N2O3/c1-14(2)24-18-11-9-16(10-12-18)20-19(23)13-21(15(3)22)17-7-5-4-6-8-17/h4-12,14H,13H2,1-3H3,(H,20,23). The summed E-state index contributed by atoms with van der Waals surface area (Å²) in [5.41, 5.74) is 1.36. The highest BCUT2D eigenvalue weighted by atomic mass is 16.5. The van der Waals surface area contributed by atoms with Crippen LogP contribution in [0, 0.1) is 0 Å². The Bertz CT molecular complexity index is 682. The molecule has 2 amide bonds. The Morgan fingerprint density at radius 2 is 1.67 bits per heavy atom. The Kier molecular flexibility index (Phi) is 5.95. The van der Waals surface area contributed by atoms with Crippen molar-refractivity contribution in [2.24, 2.45) is 0 Å². The van der Waals surface area contributed by atoms with Crippen molar-refractivity contribution in [3.05, 3.63) is 54.6 Å². The summed E-state index contributed by atoms with van der Waals surface area (Å²) in [6.45, 7) is 5.31. The van der Waals surface area contributed by atoms with Gasteiger partial charge in [-0.15, -0.1) is 0 Å². The van der Waals surface area contributed by atoms with Crippen molar-refractivity contribution in [3.63, 3.8) is 0 Å². The molecule has 0 unspecified atom stereocenters. The predicted octanol–water partition coefficient (Wildman–Crippen LogP) is 3.47. The molecule has 126 valence electrons. The van der Waals surface area contributed by atoms with Crippen LogP contribution in [0.15, 0.2) is 54.6 Å². The van der Waals surface area contributed by atoms with Crippen molar-refractivity contribution in [2.45, 2.75) is 26.9 Å². The first-order valence-corrected chi connectivity index (χ1v) is 7.85. The third kappa shape index (κ3) is 5.12. The van der Waals surface area contributed by atoms with Crippen LogP contribution in [0.3, 0.4) is 0 Å². The third-order valence-electron chi connectivity index (χ3n) is 3.26. The van der Waals surface area contributed by atoms with Gasteiger partial charge in [0.25, 0.3) is 0 Å². The van der Waals surface area contributed by atoms with E-state index in [0.29, 0.717) is 11.4 Å². The second-order valence-electron chi connectivity index (χ2n) is 5.68. The molecular weight excluding hydrogens is 304 g/mol. The van der Waals surface area contributed by atoms with Crippen molar-refractivity contribution < 1.29 is 14.3 Å². The number of hydrogen-bond acceptors (Lipinski definition) is 3. The van der Waals surface area contributed by atoms with Crippen LogP contribution < -0.4 is 15.0 Å². The van der Waals surface area contributed by atoms with Gasteiger partial charge in [-0.2, -0.15) is 0 Å². The molecule has 0 saturated carbocycles. The van der Waals surface area contributed by atoms with Crippen molar-refractivity contribution in [3.8, 4) is 5.75 Å². The lowest BCUT2D eigenvalue weighted by atomic mass is 10.2. The maximum absolute atomic E-state index is 12.2. The second kappa shape index (κ2) is 8.15. The molecule has 0 radical (unpaired) electrons. The van der Waals surface area contributed by atoms with Crippen LogP contribution in [0.1, 0.15) is 20.8 Å². The summed E-state index contributed by atoms with van der Waals surface area (Å²) in [4.78, 5) is 25.5. The number of nitrogens with zero attached hydrogens (tertiary/aromatic N) is 1. The van der Waals surface area contributed by atoms with Crippen molar-refractivity contribution in [1.29, 1.82) is 0 Å². The molecular formula is C19H22N2O3. The molecule has 24 heavy (non-hydrogen) atoms. The number of carbonyl (C=O) groups is 2. The van der Waals surface area contributed by atoms with Gasteiger partial charge in [0.2, 0.25) is 11.8 Å². The quantitative estimate of drug-likeness (QED) is 0.884. The number of benzene rings is 2. The van der Waals surface area contributed by atoms with Crippen LogP contribution in [-0.4, -0.2) is 24.5 Å². The monoisotopic (exact) mass is 326 g/mol. The summed E-state index contributed by atoms with van der Waals surface area (Å²) in [5, 5.41) is 2.79. The van der Waals surface area contributed by atoms with Crippen LogP contribution in [0.5, 0.6) is 5.75 Å². The zero-order valence-corrected chi connectivity index (χ0v) is 14.2. The molecule has 2 aromatic carbocycles. The lowest BCUT2D eigenvalue weighted by Gasteiger charge is -2.20. The first kappa shape index (κ1) is 17.5. The molecule has 0 fully saturated rings. The molecule has 2 aromatic rings. The highest BCUT2D eigenvalue weighted by Gasteiger charge is 2.15. The van der Waals surface area contributed by atoms with Gasteiger partial charge in [-0.05, 0) is 50.2 Å². The molecule has 0 atom stereocenters. The van der Waals surface area contributed by atoms with Crippen molar-refractivity contribution in [2.75, 3.05) is 16.8 Å². The predicted molar refractivity (Wildman–Crippen MR) is 95.3 cm³/mol. The number of hydrogen-bond donors (Lipinski definition) is 1. The SMILES string of the molecule is CC(=O)N(CC(=O)Nc1ccc(OC(C)C)cc1)c1ccccc1. The van der Waals surface area contributed by atoms with E-state index in [9.17, 15) is 9.59 Å². The molecule has 0 spiro atoms. The molecule has 2 rings (SSSR count). The molecule has 1 N–H and O–H groups in total. The Morgan fingerprint density at radius 3 is 2.21 bits per heavy atom. The fourth-order valence-electron chi connectivity index (χ4n) is 2.23. The average Bonchev–Trinajstić information content (AvgIpc) is 2.54. The lowest BCUT2D eigenvalue weighted by molar-refractivity contribution is -0.120. The van der Waals surface area contributed by atoms with E-state index in [1.807, 2.05) is 32.0 Å². The van der Waals surface area contributed by atoms with Crippen LogP contribution in [-0.2, 0) is 9.59 Å². The number of nitrogens with one attached hydrogen (secondary N) is 1. The average molecular weight is 326 g/mol. The highest BCUT2D eigenvalue weighted by molar-refractivity contribution is 6.01. The Hall–Kier alpha value is -2.82. The van der Waals surface area contributed by atoms with E-state index in [1.54, 1.807) is 36.4 Å². The van der Waals surface area contributed by atoms with E-state index in [-0.39, 0.29) is 24.5 Å². The Morgan fingerprint density at radius 1 is 1.04 bits per heavy atom. The van der Waals surface area contributed by atoms with Gasteiger partial charge in [-0.1, -0.05) is 18.2 Å². The van der Waals surface area contributed by atoms with E-state index in [2.05, 4.69) is 5.32 Å². The van der Waals surface area contributed by atoms with Gasteiger partial charge in [0.1, 0.15) is 12.3 Å². The lowest BCUT2D eigenvalue weighted by Crippen LogP contribution is -2.36. The zero-order valence-electron chi connectivity index (χ0n) is 14.2. The van der Waals surface area contributed by atoms with Gasteiger partial charge in [0.05, 0.1) is 6.10 Å². The first-order chi connectivity index (χ1) is 11.5. The number of para-hydroxylation sites is 1. The van der Waals surface area contributed by atoms with Gasteiger partial charge in [-0.3, -0.25) is 9.59 Å². The minimum atomic E-state index is -0.258. The van der Waals surface area contributed by atoms with Crippen LogP contribution in [0.25, 0.3) is 0 Å². The highest BCUT2D eigenvalue weighted by Crippen LogP contribution is 2.18. The van der Waals surface area contributed by atoms with Crippen LogP contribution in [0.4, 0.5) is 11.4 Å². The number of amides is 2.